The molecular formula is C32H29FN2O5S. The molecule has 0 bridgehead atoms. The van der Waals surface area contributed by atoms with Crippen LogP contribution in [0.2, 0.25) is 0 Å². The Balaban J connectivity index is 1.48. The molecule has 2 aliphatic rings. The van der Waals surface area contributed by atoms with Gasteiger partial charge in [-0.1, -0.05) is 37.3 Å². The highest BCUT2D eigenvalue weighted by Gasteiger charge is 2.48. The summed E-state index contributed by atoms with van der Waals surface area (Å²) in [5, 5.41) is 11.8. The summed E-state index contributed by atoms with van der Waals surface area (Å²) in [5.74, 6) is -0.559. The number of halogens is 1. The molecule has 2 atom stereocenters. The second kappa shape index (κ2) is 10.6. The number of Topliss-reactive ketones (excluding diaryl/α,β-unsaturated/α-hetero) is 1. The summed E-state index contributed by atoms with van der Waals surface area (Å²) in [6.07, 6.45) is 1.55. The maximum atomic E-state index is 14.0. The number of ether oxygens (including phenoxy) is 2. The molecule has 0 spiro atoms. The number of anilines is 1. The lowest BCUT2D eigenvalue weighted by Crippen LogP contribution is -2.29. The fraction of sp³-hybridized carbons (Fsp3) is 0.281. The quantitative estimate of drug-likeness (QED) is 0.149. The Morgan fingerprint density at radius 3 is 2.80 bits per heavy atom. The minimum Gasteiger partial charge on any atom is -0.507 e. The van der Waals surface area contributed by atoms with Gasteiger partial charge in [-0.05, 0) is 78.9 Å². The Hall–Kier alpha value is -4.24. The van der Waals surface area contributed by atoms with Gasteiger partial charge in [-0.25, -0.2) is 9.37 Å². The van der Waals surface area contributed by atoms with Crippen molar-refractivity contribution < 1.29 is 28.6 Å². The number of hydrogen-bond acceptors (Lipinski definition) is 7. The van der Waals surface area contributed by atoms with E-state index in [4.69, 9.17) is 9.47 Å². The molecule has 3 heterocycles. The lowest BCUT2D eigenvalue weighted by atomic mass is 9.94. The Kier molecular flexibility index (Phi) is 6.99. The van der Waals surface area contributed by atoms with Crippen LogP contribution in [0.5, 0.6) is 11.5 Å². The van der Waals surface area contributed by atoms with Crippen molar-refractivity contribution in [3.05, 3.63) is 88.7 Å². The fourth-order valence-corrected chi connectivity index (χ4v) is 6.26. The van der Waals surface area contributed by atoms with E-state index in [-0.39, 0.29) is 22.6 Å². The van der Waals surface area contributed by atoms with Crippen molar-refractivity contribution in [1.29, 1.82) is 0 Å². The van der Waals surface area contributed by atoms with Crippen molar-refractivity contribution in [3.63, 3.8) is 0 Å². The van der Waals surface area contributed by atoms with Gasteiger partial charge in [0.15, 0.2) is 5.13 Å². The molecule has 9 heteroatoms. The molecule has 1 N–H and O–H groups in total. The predicted molar refractivity (Wildman–Crippen MR) is 156 cm³/mol. The zero-order chi connectivity index (χ0) is 28.8. The summed E-state index contributed by atoms with van der Waals surface area (Å²) in [7, 11) is 0. The highest BCUT2D eigenvalue weighted by molar-refractivity contribution is 7.22. The molecular weight excluding hydrogens is 543 g/mol. The number of hydrogen-bond donors (Lipinski definition) is 1. The van der Waals surface area contributed by atoms with E-state index in [1.54, 1.807) is 36.4 Å². The van der Waals surface area contributed by atoms with Crippen molar-refractivity contribution in [2.24, 2.45) is 5.92 Å². The molecule has 1 saturated heterocycles. The maximum absolute atomic E-state index is 14.0. The van der Waals surface area contributed by atoms with Gasteiger partial charge in [-0.2, -0.15) is 0 Å². The zero-order valence-corrected chi connectivity index (χ0v) is 23.7. The van der Waals surface area contributed by atoms with Gasteiger partial charge in [0.1, 0.15) is 29.2 Å². The molecule has 210 valence electrons. The van der Waals surface area contributed by atoms with Crippen LogP contribution in [0, 0.1) is 11.7 Å². The van der Waals surface area contributed by atoms with E-state index in [1.807, 2.05) is 13.0 Å². The lowest BCUT2D eigenvalue weighted by molar-refractivity contribution is -0.132. The fourth-order valence-electron chi connectivity index (χ4n) is 5.25. The van der Waals surface area contributed by atoms with E-state index in [0.717, 1.165) is 29.1 Å². The van der Waals surface area contributed by atoms with E-state index in [9.17, 15) is 19.1 Å². The number of fused-ring (bicyclic) bond motifs is 2. The third-order valence-electron chi connectivity index (χ3n) is 7.30. The van der Waals surface area contributed by atoms with Gasteiger partial charge < -0.3 is 14.6 Å². The molecule has 6 rings (SSSR count). The highest BCUT2D eigenvalue weighted by Crippen LogP contribution is 2.45. The van der Waals surface area contributed by atoms with Crippen LogP contribution in [0.25, 0.3) is 16.0 Å². The number of ketones is 1. The van der Waals surface area contributed by atoms with Crippen molar-refractivity contribution >= 4 is 44.1 Å². The zero-order valence-electron chi connectivity index (χ0n) is 22.9. The first-order valence-corrected chi connectivity index (χ1v) is 14.4. The number of rotatable bonds is 7. The van der Waals surface area contributed by atoms with Crippen LogP contribution in [0.1, 0.15) is 49.9 Å². The number of aliphatic hydroxyl groups is 1. The summed E-state index contributed by atoms with van der Waals surface area (Å²) in [6, 6.07) is 15.6. The van der Waals surface area contributed by atoms with Gasteiger partial charge in [0, 0.05) is 12.0 Å². The Bertz CT molecular complexity index is 1710. The highest BCUT2D eigenvalue weighted by atomic mass is 32.1. The number of amides is 1. The maximum Gasteiger partial charge on any atom is 0.301 e. The molecule has 1 fully saturated rings. The van der Waals surface area contributed by atoms with Crippen LogP contribution in [-0.4, -0.2) is 34.5 Å². The van der Waals surface area contributed by atoms with Crippen LogP contribution < -0.4 is 14.4 Å². The number of aromatic nitrogens is 1. The molecule has 0 saturated carbocycles. The minimum atomic E-state index is -0.975. The second-order valence-corrected chi connectivity index (χ2v) is 11.8. The van der Waals surface area contributed by atoms with Crippen LogP contribution in [0.4, 0.5) is 9.52 Å². The van der Waals surface area contributed by atoms with Crippen molar-refractivity contribution in [1.82, 2.24) is 4.98 Å². The lowest BCUT2D eigenvalue weighted by Gasteiger charge is -2.23. The van der Waals surface area contributed by atoms with E-state index < -0.39 is 23.5 Å². The third-order valence-corrected chi connectivity index (χ3v) is 8.31. The van der Waals surface area contributed by atoms with Crippen LogP contribution in [0.3, 0.4) is 0 Å². The number of carbonyl (C=O) groups excluding carboxylic acids is 2. The van der Waals surface area contributed by atoms with Crippen LogP contribution >= 0.6 is 11.3 Å². The van der Waals surface area contributed by atoms with Gasteiger partial charge in [-0.15, -0.1) is 0 Å². The molecule has 0 aliphatic carbocycles. The molecule has 7 nitrogen and oxygen atoms in total. The number of nitrogens with zero attached hydrogens (tertiary/aromatic N) is 2. The summed E-state index contributed by atoms with van der Waals surface area (Å²) < 4.78 is 26.3. The Labute approximate surface area is 240 Å². The molecule has 2 aliphatic heterocycles. The first-order chi connectivity index (χ1) is 19.7. The smallest absolute Gasteiger partial charge is 0.301 e. The van der Waals surface area contributed by atoms with Gasteiger partial charge in [0.05, 0.1) is 28.4 Å². The monoisotopic (exact) mass is 572 g/mol. The predicted octanol–water partition coefficient (Wildman–Crippen LogP) is 6.81. The SMILES string of the molecule is CC(C)CCOc1cccc([C@@H]2C(=C(O)c3ccc4c(c3)C[C@@H](C)O4)C(=O)C(=O)N2c2nc3ccc(F)cc3s2)c1. The average molecular weight is 573 g/mol. The number of aliphatic hydroxyl groups excluding tert-OH is 1. The minimum absolute atomic E-state index is 0.00952. The van der Waals surface area contributed by atoms with Crippen molar-refractivity contribution in [2.45, 2.75) is 45.8 Å². The molecule has 3 aromatic carbocycles. The first-order valence-electron chi connectivity index (χ1n) is 13.6. The molecule has 1 amide bonds. The largest absolute Gasteiger partial charge is 0.507 e. The second-order valence-electron chi connectivity index (χ2n) is 10.8. The third kappa shape index (κ3) is 5.06. The van der Waals surface area contributed by atoms with E-state index in [2.05, 4.69) is 18.8 Å². The Morgan fingerprint density at radius 1 is 1.17 bits per heavy atom. The number of benzene rings is 3. The van der Waals surface area contributed by atoms with Crippen molar-refractivity contribution in [3.8, 4) is 11.5 Å². The van der Waals surface area contributed by atoms with E-state index in [1.165, 1.54) is 23.1 Å². The molecule has 41 heavy (non-hydrogen) atoms. The number of carbonyl (C=O) groups is 2. The number of thiazole rings is 1. The van der Waals surface area contributed by atoms with E-state index in [0.29, 0.717) is 46.0 Å². The summed E-state index contributed by atoms with van der Waals surface area (Å²) >= 11 is 1.11. The Morgan fingerprint density at radius 2 is 2.00 bits per heavy atom. The average Bonchev–Trinajstić information content (AvgIpc) is 3.60. The van der Waals surface area contributed by atoms with Gasteiger partial charge >= 0.3 is 5.91 Å². The molecule has 1 aromatic heterocycles. The first kappa shape index (κ1) is 27.0. The normalized spacial score (nSPS) is 19.7. The standard InChI is InChI=1S/C32H29FN2O5S/c1-17(2)11-12-39-23-6-4-5-19(15-23)28-27(29(36)20-7-10-25-21(14-20)13-18(3)40-25)30(37)31(38)35(28)32-34-24-9-8-22(33)16-26(24)41-32/h4-10,14-18,28,36H,11-13H2,1-3H3/t18-,28-/m1/s1. The summed E-state index contributed by atoms with van der Waals surface area (Å²) in [5.41, 5.74) is 2.37. The molecule has 0 radical (unpaired) electrons. The van der Waals surface area contributed by atoms with Gasteiger partial charge in [0.2, 0.25) is 0 Å². The van der Waals surface area contributed by atoms with E-state index >= 15 is 0 Å². The van der Waals surface area contributed by atoms with Crippen LogP contribution in [-0.2, 0) is 16.0 Å². The molecule has 4 aromatic rings. The summed E-state index contributed by atoms with van der Waals surface area (Å²) in [6.45, 7) is 6.71. The van der Waals surface area contributed by atoms with Gasteiger partial charge in [-0.3, -0.25) is 14.5 Å². The summed E-state index contributed by atoms with van der Waals surface area (Å²) in [4.78, 5) is 33.1. The molecule has 0 unspecified atom stereocenters. The van der Waals surface area contributed by atoms with Crippen molar-refractivity contribution in [2.75, 3.05) is 11.5 Å². The topological polar surface area (TPSA) is 89.0 Å². The van der Waals surface area contributed by atoms with Crippen LogP contribution in [0.15, 0.2) is 66.2 Å². The van der Waals surface area contributed by atoms with Gasteiger partial charge in [0.25, 0.3) is 5.78 Å².